The molecule has 1 aliphatic rings. The van der Waals surface area contributed by atoms with Crippen LogP contribution < -0.4 is 9.47 Å². The molecule has 0 bridgehead atoms. The Bertz CT molecular complexity index is 938. The maximum atomic E-state index is 11.8. The van der Waals surface area contributed by atoms with Crippen LogP contribution in [0.2, 0.25) is 0 Å². The lowest BCUT2D eigenvalue weighted by Gasteiger charge is -2.31. The molecule has 3 N–H and O–H groups in total. The van der Waals surface area contributed by atoms with E-state index in [1.165, 1.54) is 6.07 Å². The number of hydrogen-bond acceptors (Lipinski definition) is 9. The van der Waals surface area contributed by atoms with E-state index >= 15 is 0 Å². The first-order valence-electron chi connectivity index (χ1n) is 9.64. The van der Waals surface area contributed by atoms with Crippen molar-refractivity contribution in [3.8, 4) is 23.0 Å². The van der Waals surface area contributed by atoms with Gasteiger partial charge in [0.2, 0.25) is 5.79 Å². The van der Waals surface area contributed by atoms with E-state index in [0.717, 1.165) is 12.1 Å². The number of aromatic carboxylic acids is 1. The van der Waals surface area contributed by atoms with Gasteiger partial charge in [0.1, 0.15) is 40.7 Å². The van der Waals surface area contributed by atoms with Crippen LogP contribution in [0.25, 0.3) is 0 Å². The second kappa shape index (κ2) is 11.2. The molecule has 2 aromatic carbocycles. The molecular weight excluding hydrogens is 424 g/mol. The van der Waals surface area contributed by atoms with Crippen molar-refractivity contribution >= 4 is 11.9 Å². The number of phenolic OH excluding ortho intramolecular Hbond substituents is 1. The standard InChI is InChI=1S/C15H20O6.C7H6O4/c1-15(2)20-13-10-11(4-5-12(13)14(16)21-15)19-9-8-18-7-6-17-3;8-4-1-2-5(7(10)11)6(9)3-4/h4-5,10H,6-9H2,1-3H3;1-3,8-9H,(H,10,11). The lowest BCUT2D eigenvalue weighted by molar-refractivity contribution is -0.127. The number of phenols is 2. The van der Waals surface area contributed by atoms with Gasteiger partial charge in [-0.1, -0.05) is 0 Å². The predicted octanol–water partition coefficient (Wildman–Crippen LogP) is 2.81. The minimum Gasteiger partial charge on any atom is -0.508 e. The van der Waals surface area contributed by atoms with Crippen molar-refractivity contribution < 1.29 is 48.6 Å². The lowest BCUT2D eigenvalue weighted by Crippen LogP contribution is -2.38. The zero-order chi connectivity index (χ0) is 23.7. The number of carbonyl (C=O) groups excluding carboxylic acids is 1. The summed E-state index contributed by atoms with van der Waals surface area (Å²) >= 11 is 0. The van der Waals surface area contributed by atoms with Crippen LogP contribution in [-0.4, -0.2) is 66.6 Å². The van der Waals surface area contributed by atoms with Gasteiger partial charge in [-0.05, 0) is 24.3 Å². The first-order valence-corrected chi connectivity index (χ1v) is 9.64. The summed E-state index contributed by atoms with van der Waals surface area (Å²) in [4.78, 5) is 22.1. The van der Waals surface area contributed by atoms with E-state index in [9.17, 15) is 9.59 Å². The van der Waals surface area contributed by atoms with Crippen molar-refractivity contribution in [2.45, 2.75) is 19.6 Å². The van der Waals surface area contributed by atoms with Gasteiger partial charge in [-0.3, -0.25) is 0 Å². The molecule has 0 unspecified atom stereocenters. The Labute approximate surface area is 184 Å². The van der Waals surface area contributed by atoms with Gasteiger partial charge in [0.25, 0.3) is 0 Å². The highest BCUT2D eigenvalue weighted by molar-refractivity contribution is 5.94. The van der Waals surface area contributed by atoms with Crippen molar-refractivity contribution in [2.24, 2.45) is 0 Å². The molecule has 32 heavy (non-hydrogen) atoms. The molecule has 0 atom stereocenters. The molecule has 1 aliphatic heterocycles. The maximum Gasteiger partial charge on any atom is 0.345 e. The fourth-order valence-electron chi connectivity index (χ4n) is 2.57. The second-order valence-corrected chi connectivity index (χ2v) is 7.01. The molecule has 0 aromatic heterocycles. The molecule has 0 radical (unpaired) electrons. The van der Waals surface area contributed by atoms with E-state index in [1.807, 2.05) is 0 Å². The van der Waals surface area contributed by atoms with Crippen LogP contribution in [0.3, 0.4) is 0 Å². The summed E-state index contributed by atoms with van der Waals surface area (Å²) in [7, 11) is 1.62. The predicted molar refractivity (Wildman–Crippen MR) is 111 cm³/mol. The van der Waals surface area contributed by atoms with E-state index in [4.69, 9.17) is 39.0 Å². The molecular formula is C22H26O10. The van der Waals surface area contributed by atoms with Crippen LogP contribution in [0, 0.1) is 0 Å². The smallest absolute Gasteiger partial charge is 0.345 e. The number of carboxylic acid groups (broad SMARTS) is 1. The van der Waals surface area contributed by atoms with Crippen LogP contribution in [0.4, 0.5) is 0 Å². The molecule has 174 valence electrons. The molecule has 3 rings (SSSR count). The Balaban J connectivity index is 0.000000278. The molecule has 0 saturated heterocycles. The fraction of sp³-hybridized carbons (Fsp3) is 0.364. The van der Waals surface area contributed by atoms with Crippen molar-refractivity contribution in [3.05, 3.63) is 47.5 Å². The highest BCUT2D eigenvalue weighted by atomic mass is 16.7. The Morgan fingerprint density at radius 2 is 1.72 bits per heavy atom. The van der Waals surface area contributed by atoms with Crippen LogP contribution in [0.15, 0.2) is 36.4 Å². The number of methoxy groups -OCH3 is 1. The lowest BCUT2D eigenvalue weighted by atomic mass is 10.1. The van der Waals surface area contributed by atoms with Gasteiger partial charge in [-0.15, -0.1) is 0 Å². The number of rotatable bonds is 8. The Hall–Kier alpha value is -3.50. The largest absolute Gasteiger partial charge is 0.508 e. The molecule has 1 heterocycles. The third-order valence-corrected chi connectivity index (χ3v) is 4.01. The first kappa shape index (κ1) is 24.8. The molecule has 10 heteroatoms. The highest BCUT2D eigenvalue weighted by Gasteiger charge is 2.33. The molecule has 2 aromatic rings. The monoisotopic (exact) mass is 450 g/mol. The van der Waals surface area contributed by atoms with Crippen molar-refractivity contribution in [1.82, 2.24) is 0 Å². The molecule has 0 spiro atoms. The zero-order valence-corrected chi connectivity index (χ0v) is 18.0. The van der Waals surface area contributed by atoms with Gasteiger partial charge in [0.15, 0.2) is 0 Å². The minimum atomic E-state index is -1.22. The summed E-state index contributed by atoms with van der Waals surface area (Å²) in [5.74, 6) is -2.08. The number of benzene rings is 2. The van der Waals surface area contributed by atoms with Gasteiger partial charge in [-0.2, -0.15) is 0 Å². The molecule has 0 aliphatic carbocycles. The van der Waals surface area contributed by atoms with Gasteiger partial charge in [0, 0.05) is 33.1 Å². The van der Waals surface area contributed by atoms with Gasteiger partial charge in [-0.25, -0.2) is 9.59 Å². The number of fused-ring (bicyclic) bond motifs is 1. The highest BCUT2D eigenvalue weighted by Crippen LogP contribution is 2.33. The molecule has 0 fully saturated rings. The number of cyclic esters (lactones) is 1. The summed E-state index contributed by atoms with van der Waals surface area (Å²) in [6.45, 7) is 5.35. The van der Waals surface area contributed by atoms with E-state index < -0.39 is 23.5 Å². The van der Waals surface area contributed by atoms with Crippen LogP contribution in [-0.2, 0) is 14.2 Å². The number of hydrogen-bond donors (Lipinski definition) is 3. The van der Waals surface area contributed by atoms with Gasteiger partial charge in [0.05, 0.1) is 19.8 Å². The Kier molecular flexibility index (Phi) is 8.68. The SMILES string of the molecule is COCCOCCOc1ccc2c(c1)OC(C)(C)OC2=O.O=C(O)c1ccc(O)cc1O. The number of carbonyl (C=O) groups is 2. The quantitative estimate of drug-likeness (QED) is 0.406. The molecule has 0 amide bonds. The Morgan fingerprint density at radius 3 is 2.38 bits per heavy atom. The van der Waals surface area contributed by atoms with Crippen molar-refractivity contribution in [2.75, 3.05) is 33.5 Å². The van der Waals surface area contributed by atoms with E-state index in [0.29, 0.717) is 43.5 Å². The van der Waals surface area contributed by atoms with Crippen LogP contribution >= 0.6 is 0 Å². The summed E-state index contributed by atoms with van der Waals surface area (Å²) < 4.78 is 26.5. The maximum absolute atomic E-state index is 11.8. The average Bonchev–Trinajstić information content (AvgIpc) is 2.69. The number of carboxylic acids is 1. The summed E-state index contributed by atoms with van der Waals surface area (Å²) in [6, 6.07) is 8.33. The number of ether oxygens (including phenoxy) is 5. The van der Waals surface area contributed by atoms with Crippen molar-refractivity contribution in [1.29, 1.82) is 0 Å². The second-order valence-electron chi connectivity index (χ2n) is 7.01. The fourth-order valence-corrected chi connectivity index (χ4v) is 2.57. The van der Waals surface area contributed by atoms with Gasteiger partial charge >= 0.3 is 11.9 Å². The summed E-state index contributed by atoms with van der Waals surface area (Å²) in [6.07, 6.45) is 0. The van der Waals surface area contributed by atoms with Gasteiger partial charge < -0.3 is 39.0 Å². The zero-order valence-electron chi connectivity index (χ0n) is 18.0. The van der Waals surface area contributed by atoms with Crippen molar-refractivity contribution in [3.63, 3.8) is 0 Å². The van der Waals surface area contributed by atoms with Crippen LogP contribution in [0.1, 0.15) is 34.6 Å². The number of aromatic hydroxyl groups is 2. The third-order valence-electron chi connectivity index (χ3n) is 4.01. The molecule has 10 nitrogen and oxygen atoms in total. The average molecular weight is 450 g/mol. The summed E-state index contributed by atoms with van der Waals surface area (Å²) in [5, 5.41) is 26.1. The normalized spacial score (nSPS) is 13.7. The van der Waals surface area contributed by atoms with E-state index in [2.05, 4.69) is 0 Å². The van der Waals surface area contributed by atoms with E-state index in [1.54, 1.807) is 39.2 Å². The third kappa shape index (κ3) is 7.33. The van der Waals surface area contributed by atoms with E-state index in [-0.39, 0.29) is 11.3 Å². The minimum absolute atomic E-state index is 0.160. The number of esters is 1. The van der Waals surface area contributed by atoms with Crippen LogP contribution in [0.5, 0.6) is 23.0 Å². The first-order chi connectivity index (χ1) is 15.1. The molecule has 0 saturated carbocycles. The Morgan fingerprint density at radius 1 is 1.00 bits per heavy atom. The summed E-state index contributed by atoms with van der Waals surface area (Å²) in [5.41, 5.74) is 0.181. The topological polar surface area (TPSA) is 141 Å².